The van der Waals surface area contributed by atoms with Crippen LogP contribution in [0.25, 0.3) is 6.08 Å². The van der Waals surface area contributed by atoms with E-state index in [1.165, 1.54) is 31.4 Å². The molecule has 0 bridgehead atoms. The lowest BCUT2D eigenvalue weighted by Crippen LogP contribution is -2.21. The summed E-state index contributed by atoms with van der Waals surface area (Å²) in [6.45, 7) is 1.90. The number of amides is 1. The number of aromatic hydroxyl groups is 1. The first-order chi connectivity index (χ1) is 14.8. The van der Waals surface area contributed by atoms with Gasteiger partial charge in [-0.2, -0.15) is 10.1 Å². The number of phenols is 1. The average Bonchev–Trinajstić information content (AvgIpc) is 3.05. The van der Waals surface area contributed by atoms with Crippen LogP contribution in [0.15, 0.2) is 47.1 Å². The first-order valence-corrected chi connectivity index (χ1v) is 9.29. The number of carbonyl (C=O) groups excluding carboxylic acids is 1. The summed E-state index contributed by atoms with van der Waals surface area (Å²) in [5, 5.41) is 36.3. The van der Waals surface area contributed by atoms with Crippen molar-refractivity contribution in [3.63, 3.8) is 0 Å². The van der Waals surface area contributed by atoms with Crippen molar-refractivity contribution in [2.75, 3.05) is 12.1 Å². The number of benzene rings is 2. The molecule has 0 radical (unpaired) electrons. The largest absolute Gasteiger partial charge is 0.504 e. The van der Waals surface area contributed by atoms with Crippen molar-refractivity contribution in [3.8, 4) is 11.5 Å². The predicted octanol–water partition coefficient (Wildman–Crippen LogP) is 3.59. The van der Waals surface area contributed by atoms with Gasteiger partial charge in [-0.3, -0.25) is 14.9 Å². The van der Waals surface area contributed by atoms with Crippen LogP contribution >= 0.6 is 0 Å². The lowest BCUT2D eigenvalue weighted by molar-refractivity contribution is -0.385. The molecule has 1 aliphatic rings. The van der Waals surface area contributed by atoms with Gasteiger partial charge in [0.25, 0.3) is 11.6 Å². The van der Waals surface area contributed by atoms with Gasteiger partial charge in [-0.15, -0.1) is 0 Å². The Morgan fingerprint density at radius 3 is 2.68 bits per heavy atom. The molecule has 0 aliphatic carbocycles. The standard InChI is InChI=1S/C21H19N3O7/c1-3-5-17-16(10-13-9-15(24(29)30)11-18(31-2)19(13)25)20(26)23(22-17)14-7-4-6-12(8-14)21(27)28/h4,6-11,25H,3,5H2,1-2H3,(H,27,28). The van der Waals surface area contributed by atoms with Crippen LogP contribution in [0.2, 0.25) is 0 Å². The molecule has 1 aliphatic heterocycles. The maximum atomic E-state index is 13.1. The highest BCUT2D eigenvalue weighted by Gasteiger charge is 2.31. The fraction of sp³-hybridized carbons (Fsp3) is 0.190. The topological polar surface area (TPSA) is 143 Å². The van der Waals surface area contributed by atoms with Crippen molar-refractivity contribution in [3.05, 3.63) is 63.2 Å². The Kier molecular flexibility index (Phi) is 6.00. The van der Waals surface area contributed by atoms with E-state index in [1.807, 2.05) is 6.92 Å². The smallest absolute Gasteiger partial charge is 0.335 e. The number of nitro groups is 1. The van der Waals surface area contributed by atoms with Crippen molar-refractivity contribution in [2.45, 2.75) is 19.8 Å². The summed E-state index contributed by atoms with van der Waals surface area (Å²) in [6.07, 6.45) is 2.42. The number of rotatable bonds is 7. The number of hydrogen-bond donors (Lipinski definition) is 2. The van der Waals surface area contributed by atoms with Gasteiger partial charge in [0.1, 0.15) is 0 Å². The molecule has 0 aromatic heterocycles. The molecular formula is C21H19N3O7. The zero-order valence-corrected chi connectivity index (χ0v) is 16.7. The predicted molar refractivity (Wildman–Crippen MR) is 113 cm³/mol. The Morgan fingerprint density at radius 2 is 2.06 bits per heavy atom. The van der Waals surface area contributed by atoms with Crippen LogP contribution < -0.4 is 9.75 Å². The number of carbonyl (C=O) groups is 2. The molecule has 0 saturated carbocycles. The Bertz CT molecular complexity index is 1140. The number of hydrazone groups is 1. The second kappa shape index (κ2) is 8.66. The number of nitro benzene ring substituents is 1. The minimum atomic E-state index is -1.14. The molecule has 0 spiro atoms. The van der Waals surface area contributed by atoms with Crippen LogP contribution in [0.3, 0.4) is 0 Å². The highest BCUT2D eigenvalue weighted by Crippen LogP contribution is 2.37. The second-order valence-corrected chi connectivity index (χ2v) is 6.67. The highest BCUT2D eigenvalue weighted by molar-refractivity contribution is 6.32. The summed E-state index contributed by atoms with van der Waals surface area (Å²) in [5.41, 5.74) is 0.531. The minimum Gasteiger partial charge on any atom is -0.504 e. The van der Waals surface area contributed by atoms with Crippen LogP contribution in [0.4, 0.5) is 11.4 Å². The maximum absolute atomic E-state index is 13.1. The molecule has 2 aromatic carbocycles. The lowest BCUT2D eigenvalue weighted by Gasteiger charge is -2.12. The Labute approximate surface area is 176 Å². The third-order valence-corrected chi connectivity index (χ3v) is 4.60. The summed E-state index contributed by atoms with van der Waals surface area (Å²) in [5.74, 6) is -2.14. The van der Waals surface area contributed by atoms with Crippen LogP contribution in [-0.2, 0) is 4.79 Å². The van der Waals surface area contributed by atoms with Crippen LogP contribution in [0.1, 0.15) is 35.7 Å². The number of nitrogens with zero attached hydrogens (tertiary/aromatic N) is 3. The first-order valence-electron chi connectivity index (χ1n) is 9.29. The van der Waals surface area contributed by atoms with Gasteiger partial charge in [0.2, 0.25) is 0 Å². The first kappa shape index (κ1) is 21.5. The fourth-order valence-electron chi connectivity index (χ4n) is 3.11. The molecule has 1 heterocycles. The number of aromatic carboxylic acids is 1. The molecule has 0 atom stereocenters. The maximum Gasteiger partial charge on any atom is 0.335 e. The minimum absolute atomic E-state index is 0.00367. The van der Waals surface area contributed by atoms with E-state index in [9.17, 15) is 29.9 Å². The molecule has 3 rings (SSSR count). The summed E-state index contributed by atoms with van der Waals surface area (Å²) in [4.78, 5) is 35.0. The number of phenolic OH excluding ortho intramolecular Hbond substituents is 1. The van der Waals surface area contributed by atoms with Crippen molar-refractivity contribution in [2.24, 2.45) is 5.10 Å². The monoisotopic (exact) mass is 425 g/mol. The summed E-state index contributed by atoms with van der Waals surface area (Å²) in [7, 11) is 1.26. The molecule has 0 fully saturated rings. The SMILES string of the molecule is CCCC1=NN(c2cccc(C(=O)O)c2)C(=O)C1=Cc1cc([N+](=O)[O-])cc(OC)c1O. The van der Waals surface area contributed by atoms with E-state index in [1.54, 1.807) is 6.07 Å². The zero-order valence-electron chi connectivity index (χ0n) is 16.7. The van der Waals surface area contributed by atoms with E-state index < -0.39 is 16.8 Å². The number of ether oxygens (including phenoxy) is 1. The van der Waals surface area contributed by atoms with E-state index in [4.69, 9.17) is 4.74 Å². The van der Waals surface area contributed by atoms with E-state index in [-0.39, 0.29) is 39.6 Å². The van der Waals surface area contributed by atoms with Gasteiger partial charge in [-0.05, 0) is 30.7 Å². The van der Waals surface area contributed by atoms with E-state index in [0.717, 1.165) is 17.1 Å². The molecule has 10 heteroatoms. The molecule has 0 unspecified atom stereocenters. The van der Waals surface area contributed by atoms with Crippen molar-refractivity contribution in [1.29, 1.82) is 0 Å². The van der Waals surface area contributed by atoms with Crippen LogP contribution in [-0.4, -0.2) is 39.8 Å². The Balaban J connectivity index is 2.10. The van der Waals surface area contributed by atoms with E-state index >= 15 is 0 Å². The molecule has 0 saturated heterocycles. The number of methoxy groups -OCH3 is 1. The van der Waals surface area contributed by atoms with Gasteiger partial charge in [-0.1, -0.05) is 19.4 Å². The van der Waals surface area contributed by atoms with Gasteiger partial charge in [0.15, 0.2) is 11.5 Å². The van der Waals surface area contributed by atoms with Crippen LogP contribution in [0.5, 0.6) is 11.5 Å². The van der Waals surface area contributed by atoms with Gasteiger partial charge in [-0.25, -0.2) is 4.79 Å². The summed E-state index contributed by atoms with van der Waals surface area (Å²) >= 11 is 0. The van der Waals surface area contributed by atoms with Gasteiger partial charge < -0.3 is 14.9 Å². The highest BCUT2D eigenvalue weighted by atomic mass is 16.6. The number of hydrogen-bond acceptors (Lipinski definition) is 7. The number of non-ortho nitro benzene ring substituents is 1. The molecule has 160 valence electrons. The van der Waals surface area contributed by atoms with Crippen LogP contribution in [0, 0.1) is 10.1 Å². The molecular weight excluding hydrogens is 406 g/mol. The van der Waals surface area contributed by atoms with Gasteiger partial charge in [0, 0.05) is 11.6 Å². The Morgan fingerprint density at radius 1 is 1.32 bits per heavy atom. The third-order valence-electron chi connectivity index (χ3n) is 4.60. The Hall–Kier alpha value is -4.21. The van der Waals surface area contributed by atoms with Crippen molar-refractivity contribution in [1.82, 2.24) is 0 Å². The summed E-state index contributed by atoms with van der Waals surface area (Å²) in [6, 6.07) is 7.99. The average molecular weight is 425 g/mol. The third kappa shape index (κ3) is 4.22. The number of carboxylic acids is 1. The van der Waals surface area contributed by atoms with Crippen molar-refractivity contribution >= 4 is 35.0 Å². The number of anilines is 1. The molecule has 1 amide bonds. The number of carboxylic acid groups (broad SMARTS) is 1. The molecule has 10 nitrogen and oxygen atoms in total. The van der Waals surface area contributed by atoms with E-state index in [0.29, 0.717) is 18.6 Å². The van der Waals surface area contributed by atoms with E-state index in [2.05, 4.69) is 5.10 Å². The molecule has 31 heavy (non-hydrogen) atoms. The second-order valence-electron chi connectivity index (χ2n) is 6.67. The zero-order chi connectivity index (χ0) is 22.7. The quantitative estimate of drug-likeness (QED) is 0.392. The normalized spacial score (nSPS) is 14.6. The van der Waals surface area contributed by atoms with Gasteiger partial charge in [0.05, 0.1) is 40.6 Å². The fourth-order valence-corrected chi connectivity index (χ4v) is 3.11. The lowest BCUT2D eigenvalue weighted by atomic mass is 10.0. The molecule has 2 aromatic rings. The van der Waals surface area contributed by atoms with Crippen molar-refractivity contribution < 1.29 is 29.5 Å². The summed E-state index contributed by atoms with van der Waals surface area (Å²) < 4.78 is 5.00. The molecule has 2 N–H and O–H groups in total. The van der Waals surface area contributed by atoms with Gasteiger partial charge >= 0.3 is 5.97 Å².